The van der Waals surface area contributed by atoms with Crippen molar-refractivity contribution >= 4 is 10.9 Å². The van der Waals surface area contributed by atoms with Crippen molar-refractivity contribution in [3.05, 3.63) is 36.0 Å². The molecule has 0 amide bonds. The van der Waals surface area contributed by atoms with Crippen molar-refractivity contribution in [3.63, 3.8) is 0 Å². The van der Waals surface area contributed by atoms with Gasteiger partial charge in [0, 0.05) is 18.5 Å². The second-order valence-electron chi connectivity index (χ2n) is 2.80. The van der Waals surface area contributed by atoms with Gasteiger partial charge < -0.3 is 10.7 Å². The maximum atomic E-state index is 7.29. The molecule has 0 radical (unpaired) electrons. The molecule has 2 heteroatoms. The third-order valence-corrected chi connectivity index (χ3v) is 2.01. The summed E-state index contributed by atoms with van der Waals surface area (Å²) < 4.78 is 7.29. The Morgan fingerprint density at radius 3 is 3.08 bits per heavy atom. The van der Waals surface area contributed by atoms with Crippen molar-refractivity contribution in [1.82, 2.24) is 4.98 Å². The second kappa shape index (κ2) is 2.99. The molecule has 2 rings (SSSR count). The monoisotopic (exact) mass is 161 g/mol. The summed E-state index contributed by atoms with van der Waals surface area (Å²) in [7, 11) is 0. The first-order chi connectivity index (χ1) is 6.27. The Morgan fingerprint density at radius 2 is 2.25 bits per heavy atom. The highest BCUT2D eigenvalue weighted by Gasteiger charge is 1.99. The number of nitrogens with two attached hydrogens (primary N) is 1. The maximum absolute atomic E-state index is 7.29. The molecule has 0 saturated carbocycles. The van der Waals surface area contributed by atoms with Crippen molar-refractivity contribution < 1.29 is 1.37 Å². The van der Waals surface area contributed by atoms with Gasteiger partial charge in [-0.2, -0.15) is 0 Å². The molecular weight excluding hydrogens is 148 g/mol. The van der Waals surface area contributed by atoms with Crippen LogP contribution in [0.3, 0.4) is 0 Å². The fraction of sp³-hybridized carbons (Fsp3) is 0.200. The van der Waals surface area contributed by atoms with Crippen LogP contribution >= 0.6 is 0 Å². The van der Waals surface area contributed by atoms with Gasteiger partial charge >= 0.3 is 0 Å². The lowest BCUT2D eigenvalue weighted by Crippen LogP contribution is -2.01. The van der Waals surface area contributed by atoms with E-state index in [4.69, 9.17) is 7.10 Å². The van der Waals surface area contributed by atoms with Crippen molar-refractivity contribution in [1.29, 1.82) is 0 Å². The van der Waals surface area contributed by atoms with E-state index < -0.39 is 6.52 Å². The van der Waals surface area contributed by atoms with Gasteiger partial charge in [-0.15, -0.1) is 0 Å². The van der Waals surface area contributed by atoms with Crippen LogP contribution < -0.4 is 5.73 Å². The van der Waals surface area contributed by atoms with E-state index in [1.54, 1.807) is 0 Å². The Labute approximate surface area is 72.8 Å². The van der Waals surface area contributed by atoms with E-state index in [1.807, 2.05) is 30.5 Å². The molecule has 0 bridgehead atoms. The molecule has 2 nitrogen and oxygen atoms in total. The lowest BCUT2D eigenvalue weighted by molar-refractivity contribution is 0.976. The number of nitrogens with one attached hydrogen (secondary N) is 1. The van der Waals surface area contributed by atoms with Crippen LogP contribution in [-0.2, 0) is 6.42 Å². The van der Waals surface area contributed by atoms with E-state index in [0.717, 1.165) is 11.1 Å². The number of benzene rings is 1. The van der Waals surface area contributed by atoms with Crippen molar-refractivity contribution in [2.45, 2.75) is 6.42 Å². The van der Waals surface area contributed by atoms with Gasteiger partial charge in [-0.1, -0.05) is 18.2 Å². The fourth-order valence-electron chi connectivity index (χ4n) is 1.43. The van der Waals surface area contributed by atoms with E-state index in [-0.39, 0.29) is 0 Å². The number of fused-ring (bicyclic) bond motifs is 1. The Hall–Kier alpha value is -1.28. The highest BCUT2D eigenvalue weighted by molar-refractivity contribution is 5.82. The zero-order valence-electron chi connectivity index (χ0n) is 7.75. The zero-order chi connectivity index (χ0) is 9.26. The van der Waals surface area contributed by atoms with E-state index in [9.17, 15) is 0 Å². The van der Waals surface area contributed by atoms with Crippen LogP contribution in [0.5, 0.6) is 0 Å². The van der Waals surface area contributed by atoms with Crippen LogP contribution in [0.4, 0.5) is 0 Å². The Morgan fingerprint density at radius 1 is 1.42 bits per heavy atom. The molecule has 12 heavy (non-hydrogen) atoms. The molecule has 1 heterocycles. The summed E-state index contributed by atoms with van der Waals surface area (Å²) in [6, 6.07) is 8.05. The molecule has 0 spiro atoms. The molecule has 62 valence electrons. The maximum Gasteiger partial charge on any atom is 0.0456 e. The average molecular weight is 161 g/mol. The van der Waals surface area contributed by atoms with Crippen LogP contribution in [0, 0.1) is 0 Å². The van der Waals surface area contributed by atoms with Crippen LogP contribution in [0.15, 0.2) is 30.5 Å². The molecule has 0 saturated heterocycles. The normalized spacial score (nSPS) is 14.6. The van der Waals surface area contributed by atoms with Crippen LogP contribution in [0.25, 0.3) is 10.9 Å². The molecule has 1 atom stereocenters. The van der Waals surface area contributed by atoms with Gasteiger partial charge in [0.15, 0.2) is 0 Å². The quantitative estimate of drug-likeness (QED) is 0.691. The average Bonchev–Trinajstić information content (AvgIpc) is 2.48. The Balaban J connectivity index is 2.46. The summed E-state index contributed by atoms with van der Waals surface area (Å²) >= 11 is 0. The second-order valence-corrected chi connectivity index (χ2v) is 2.80. The molecule has 1 aromatic heterocycles. The van der Waals surface area contributed by atoms with Crippen molar-refractivity contribution in [2.75, 3.05) is 6.52 Å². The van der Waals surface area contributed by atoms with Gasteiger partial charge in [0.05, 0.1) is 0 Å². The highest BCUT2D eigenvalue weighted by Crippen LogP contribution is 2.17. The number of H-pyrrole nitrogens is 1. The third-order valence-electron chi connectivity index (χ3n) is 2.01. The van der Waals surface area contributed by atoms with Gasteiger partial charge in [0.2, 0.25) is 0 Å². The predicted molar refractivity (Wildman–Crippen MR) is 51.1 cm³/mol. The Bertz CT molecular complexity index is 406. The lowest BCUT2D eigenvalue weighted by Gasteiger charge is -1.93. The highest BCUT2D eigenvalue weighted by atomic mass is 14.7. The number of aromatic amines is 1. The minimum Gasteiger partial charge on any atom is -0.361 e. The fourth-order valence-corrected chi connectivity index (χ4v) is 1.43. The topological polar surface area (TPSA) is 41.8 Å². The van der Waals surface area contributed by atoms with Crippen molar-refractivity contribution in [3.8, 4) is 0 Å². The summed E-state index contributed by atoms with van der Waals surface area (Å²) in [6.07, 6.45) is 2.53. The summed E-state index contributed by atoms with van der Waals surface area (Å²) in [6.45, 7) is -0.529. The molecular formula is C10H12N2. The standard InChI is InChI=1S/C10H12N2/c11-6-5-8-7-12-10-4-2-1-3-9(8)10/h1-4,7,12H,5-6,11H2/i6D. The molecule has 2 aromatic rings. The minimum absolute atomic E-state index is 0.529. The van der Waals surface area contributed by atoms with Gasteiger partial charge in [-0.3, -0.25) is 0 Å². The minimum atomic E-state index is -0.529. The largest absolute Gasteiger partial charge is 0.361 e. The summed E-state index contributed by atoms with van der Waals surface area (Å²) in [5.74, 6) is 0. The summed E-state index contributed by atoms with van der Waals surface area (Å²) in [5.41, 5.74) is 7.66. The van der Waals surface area contributed by atoms with Crippen molar-refractivity contribution in [2.24, 2.45) is 5.73 Å². The van der Waals surface area contributed by atoms with Gasteiger partial charge in [-0.05, 0) is 24.6 Å². The molecule has 1 unspecified atom stereocenters. The van der Waals surface area contributed by atoms with Gasteiger partial charge in [0.25, 0.3) is 0 Å². The molecule has 0 aliphatic rings. The SMILES string of the molecule is [2H]C(N)Cc1c[nH]c2ccccc12. The number of rotatable bonds is 2. The smallest absolute Gasteiger partial charge is 0.0456 e. The number of aryl methyl sites for hydroxylation is 1. The van der Waals surface area contributed by atoms with Crippen LogP contribution in [0.1, 0.15) is 6.93 Å². The lowest BCUT2D eigenvalue weighted by atomic mass is 10.1. The zero-order valence-corrected chi connectivity index (χ0v) is 6.75. The van der Waals surface area contributed by atoms with E-state index in [1.165, 1.54) is 5.39 Å². The molecule has 1 aromatic carbocycles. The first-order valence-corrected chi connectivity index (χ1v) is 4.00. The molecule has 0 fully saturated rings. The number of hydrogen-bond acceptors (Lipinski definition) is 1. The van der Waals surface area contributed by atoms with Crippen LogP contribution in [-0.4, -0.2) is 11.5 Å². The third kappa shape index (κ3) is 1.10. The van der Waals surface area contributed by atoms with E-state index in [2.05, 4.69) is 4.98 Å². The first kappa shape index (κ1) is 6.26. The van der Waals surface area contributed by atoms with E-state index >= 15 is 0 Å². The molecule has 0 aliphatic heterocycles. The van der Waals surface area contributed by atoms with Crippen LogP contribution in [0.2, 0.25) is 0 Å². The summed E-state index contributed by atoms with van der Waals surface area (Å²) in [5, 5.41) is 1.17. The van der Waals surface area contributed by atoms with Gasteiger partial charge in [-0.25, -0.2) is 0 Å². The first-order valence-electron chi connectivity index (χ1n) is 4.58. The van der Waals surface area contributed by atoms with E-state index in [0.29, 0.717) is 6.42 Å². The number of para-hydroxylation sites is 1. The number of aromatic nitrogens is 1. The summed E-state index contributed by atoms with van der Waals surface area (Å²) in [4.78, 5) is 3.15. The van der Waals surface area contributed by atoms with Gasteiger partial charge in [0.1, 0.15) is 0 Å². The predicted octanol–water partition coefficient (Wildman–Crippen LogP) is 1.67. The Kier molecular flexibility index (Phi) is 1.56. The molecule has 3 N–H and O–H groups in total. The molecule has 0 aliphatic carbocycles. The number of hydrogen-bond donors (Lipinski definition) is 2.